The summed E-state index contributed by atoms with van der Waals surface area (Å²) in [6, 6.07) is 34.4. The lowest BCUT2D eigenvalue weighted by Crippen LogP contribution is -2.56. The quantitative estimate of drug-likeness (QED) is 0.145. The first-order chi connectivity index (χ1) is 20.4. The van der Waals surface area contributed by atoms with Crippen molar-refractivity contribution in [2.45, 2.75) is 24.8 Å². The normalized spacial score (nSPS) is 12.2. The topological polar surface area (TPSA) is 111 Å². The summed E-state index contributed by atoms with van der Waals surface area (Å²) in [5, 5.41) is 2.36. The van der Waals surface area contributed by atoms with E-state index in [1.54, 1.807) is 32.0 Å². The van der Waals surface area contributed by atoms with E-state index >= 15 is 0 Å². The second kappa shape index (κ2) is 14.2. The molecule has 0 aliphatic carbocycles. The Morgan fingerprint density at radius 1 is 0.667 bits per heavy atom. The van der Waals surface area contributed by atoms with Crippen molar-refractivity contribution >= 4 is 50.1 Å². The number of sulfonamides is 1. The molecule has 42 heavy (non-hydrogen) atoms. The van der Waals surface area contributed by atoms with Crippen LogP contribution in [-0.2, 0) is 29.1 Å². The van der Waals surface area contributed by atoms with Gasteiger partial charge in [0.25, 0.3) is 10.0 Å². The highest BCUT2D eigenvalue weighted by Gasteiger charge is 2.42. The van der Waals surface area contributed by atoms with Gasteiger partial charge in [-0.25, -0.2) is 23.4 Å². The van der Waals surface area contributed by atoms with E-state index in [1.807, 2.05) is 91.0 Å². The number of carbonyl (C=O) groups excluding carboxylic acids is 2. The van der Waals surface area contributed by atoms with Gasteiger partial charge in [-0.15, -0.1) is 4.83 Å². The predicted molar refractivity (Wildman–Crippen MR) is 167 cm³/mol. The van der Waals surface area contributed by atoms with Gasteiger partial charge in [0.15, 0.2) is 6.04 Å². The summed E-state index contributed by atoms with van der Waals surface area (Å²) in [6.07, 6.45) is 0. The van der Waals surface area contributed by atoms with Crippen LogP contribution in [0, 0.1) is 0 Å². The Kier molecular flexibility index (Phi) is 10.5. The fourth-order valence-electron chi connectivity index (χ4n) is 4.73. The SMILES string of the molecule is CCOC(=O)C(C(NNS(=O)(=O)c1ccccc1)C(=O)OCC)=P(c1ccccc1)(c1ccccc1)c1ccccc1. The van der Waals surface area contributed by atoms with E-state index < -0.39 is 34.9 Å². The van der Waals surface area contributed by atoms with Crippen LogP contribution in [0.3, 0.4) is 0 Å². The smallest absolute Gasteiger partial charge is 0.337 e. The van der Waals surface area contributed by atoms with Gasteiger partial charge in [0.2, 0.25) is 0 Å². The maximum absolute atomic E-state index is 14.2. The molecule has 0 saturated heterocycles. The first-order valence-corrected chi connectivity index (χ1v) is 16.7. The lowest BCUT2D eigenvalue weighted by atomic mass is 10.2. The first kappa shape index (κ1) is 30.9. The number of hydrogen-bond donors (Lipinski definition) is 2. The number of esters is 2. The Hall–Kier alpha value is -4.01. The zero-order chi connectivity index (χ0) is 30.0. The van der Waals surface area contributed by atoms with Crippen LogP contribution in [0.5, 0.6) is 0 Å². The van der Waals surface area contributed by atoms with Gasteiger partial charge in [-0.1, -0.05) is 109 Å². The van der Waals surface area contributed by atoms with Gasteiger partial charge in [-0.3, -0.25) is 0 Å². The van der Waals surface area contributed by atoms with E-state index in [2.05, 4.69) is 10.3 Å². The van der Waals surface area contributed by atoms with Crippen LogP contribution in [0.25, 0.3) is 0 Å². The summed E-state index contributed by atoms with van der Waals surface area (Å²) >= 11 is 0. The van der Waals surface area contributed by atoms with E-state index in [-0.39, 0.29) is 23.4 Å². The van der Waals surface area contributed by atoms with Gasteiger partial charge in [-0.2, -0.15) is 0 Å². The minimum absolute atomic E-state index is 0.00596. The van der Waals surface area contributed by atoms with E-state index in [1.165, 1.54) is 12.1 Å². The number of ether oxygens (including phenoxy) is 2. The molecule has 1 atom stereocenters. The Morgan fingerprint density at radius 2 is 1.07 bits per heavy atom. The van der Waals surface area contributed by atoms with E-state index in [4.69, 9.17) is 9.47 Å². The Morgan fingerprint density at radius 3 is 1.48 bits per heavy atom. The largest absolute Gasteiger partial charge is 0.465 e. The van der Waals surface area contributed by atoms with Gasteiger partial charge in [0, 0.05) is 0 Å². The van der Waals surface area contributed by atoms with Crippen LogP contribution in [0.1, 0.15) is 13.8 Å². The van der Waals surface area contributed by atoms with Crippen LogP contribution in [0.4, 0.5) is 0 Å². The van der Waals surface area contributed by atoms with Crippen molar-refractivity contribution in [3.8, 4) is 0 Å². The van der Waals surface area contributed by atoms with Gasteiger partial charge >= 0.3 is 11.9 Å². The zero-order valence-corrected chi connectivity index (χ0v) is 25.1. The second-order valence-electron chi connectivity index (χ2n) is 9.03. The molecule has 4 rings (SSSR count). The van der Waals surface area contributed by atoms with E-state index in [0.29, 0.717) is 0 Å². The van der Waals surface area contributed by atoms with Crippen molar-refractivity contribution in [1.82, 2.24) is 10.3 Å². The molecule has 1 unspecified atom stereocenters. The van der Waals surface area contributed by atoms with Gasteiger partial charge in [0.1, 0.15) is 0 Å². The third-order valence-corrected chi connectivity index (χ3v) is 12.1. The summed E-state index contributed by atoms with van der Waals surface area (Å²) in [4.78, 5) is 30.3. The Bertz CT molecular complexity index is 1550. The predicted octanol–water partition coefficient (Wildman–Crippen LogP) is 3.13. The summed E-state index contributed by atoms with van der Waals surface area (Å²) in [5.74, 6) is -1.57. The Balaban J connectivity index is 2.13. The lowest BCUT2D eigenvalue weighted by Gasteiger charge is -2.34. The lowest BCUT2D eigenvalue weighted by molar-refractivity contribution is -0.145. The molecule has 2 N–H and O–H groups in total. The van der Waals surface area contributed by atoms with Gasteiger partial charge in [0.05, 0.1) is 23.4 Å². The highest BCUT2D eigenvalue weighted by molar-refractivity contribution is 7.96. The molecule has 0 heterocycles. The maximum Gasteiger partial charge on any atom is 0.337 e. The molecule has 0 saturated carbocycles. The van der Waals surface area contributed by atoms with Crippen molar-refractivity contribution in [2.75, 3.05) is 13.2 Å². The summed E-state index contributed by atoms with van der Waals surface area (Å²) < 4.78 is 37.6. The summed E-state index contributed by atoms with van der Waals surface area (Å²) in [6.45, 7) is 0.161. The molecule has 0 aromatic heterocycles. The second-order valence-corrected chi connectivity index (χ2v) is 14.1. The molecular weight excluding hydrogens is 571 g/mol. The van der Waals surface area contributed by atoms with Crippen LogP contribution in [0.15, 0.2) is 126 Å². The van der Waals surface area contributed by atoms with Crippen molar-refractivity contribution in [2.24, 2.45) is 0 Å². The first-order valence-electron chi connectivity index (χ1n) is 13.5. The number of hydrogen-bond acceptors (Lipinski definition) is 7. The molecular formula is C32H33N2O6PS. The van der Waals surface area contributed by atoms with Crippen LogP contribution in [0.2, 0.25) is 0 Å². The molecule has 0 fully saturated rings. The average Bonchev–Trinajstić information content (AvgIpc) is 3.03. The number of benzene rings is 4. The molecule has 4 aromatic carbocycles. The molecule has 4 aromatic rings. The number of carbonyl (C=O) groups is 2. The molecule has 8 nitrogen and oxygen atoms in total. The van der Waals surface area contributed by atoms with Crippen LogP contribution in [-0.4, -0.2) is 44.9 Å². The monoisotopic (exact) mass is 604 g/mol. The van der Waals surface area contributed by atoms with Crippen molar-refractivity contribution in [3.63, 3.8) is 0 Å². The molecule has 0 spiro atoms. The fraction of sp³-hybridized carbons (Fsp3) is 0.156. The van der Waals surface area contributed by atoms with Crippen molar-refractivity contribution < 1.29 is 27.5 Å². The minimum Gasteiger partial charge on any atom is -0.465 e. The average molecular weight is 605 g/mol. The third kappa shape index (κ3) is 6.55. The zero-order valence-electron chi connectivity index (χ0n) is 23.3. The maximum atomic E-state index is 14.2. The highest BCUT2D eigenvalue weighted by atomic mass is 32.2. The summed E-state index contributed by atoms with van der Waals surface area (Å²) in [7, 11) is -4.14. The number of nitrogens with one attached hydrogen (secondary N) is 2. The number of hydrazine groups is 1. The standard InChI is InChI=1S/C32H33N2O6PS/c1-3-39-31(35)29(33-34-42(37,38)28-23-15-8-16-24-28)30(32(36)40-4-2)41(25-17-9-5-10-18-25,26-19-11-6-12-20-26)27-21-13-7-14-22-27/h5-24,29,33-34H,3-4H2,1-2H3. The Labute approximate surface area is 246 Å². The molecule has 0 radical (unpaired) electrons. The molecule has 0 aliphatic heterocycles. The van der Waals surface area contributed by atoms with E-state index in [0.717, 1.165) is 15.9 Å². The number of rotatable bonds is 12. The van der Waals surface area contributed by atoms with Crippen molar-refractivity contribution in [1.29, 1.82) is 0 Å². The fourth-order valence-corrected chi connectivity index (χ4v) is 10.1. The van der Waals surface area contributed by atoms with Gasteiger partial charge < -0.3 is 9.47 Å². The third-order valence-electron chi connectivity index (χ3n) is 6.46. The summed E-state index contributed by atoms with van der Waals surface area (Å²) in [5.41, 5.74) is 2.67. The van der Waals surface area contributed by atoms with Gasteiger partial charge in [-0.05, 0) is 48.8 Å². The van der Waals surface area contributed by atoms with Crippen molar-refractivity contribution in [3.05, 3.63) is 121 Å². The van der Waals surface area contributed by atoms with Crippen LogP contribution < -0.4 is 26.2 Å². The molecule has 10 heteroatoms. The molecule has 0 amide bonds. The molecule has 0 aliphatic rings. The molecule has 218 valence electrons. The van der Waals surface area contributed by atoms with Crippen LogP contribution >= 0.6 is 6.89 Å². The minimum atomic E-state index is -4.14. The highest BCUT2D eigenvalue weighted by Crippen LogP contribution is 2.47. The molecule has 0 bridgehead atoms. The van der Waals surface area contributed by atoms with E-state index in [9.17, 15) is 18.0 Å².